The molecule has 4 heterocycles. The number of carbonyl (C=O) groups excluding carboxylic acids is 1. The number of urea groups is 1. The SMILES string of the molecule is CCc1nc2c(cnn2CC)c(NC2CCOCC2)c1CNC(=O)NCc1ccc(C)c(-c2cccc(CN3CCNCC3)c2)c1. The third kappa shape index (κ3) is 7.52. The van der Waals surface area contributed by atoms with Gasteiger partial charge < -0.3 is 26.0 Å². The zero-order valence-corrected chi connectivity index (χ0v) is 27.5. The number of benzene rings is 2. The van der Waals surface area contributed by atoms with Crippen molar-refractivity contribution < 1.29 is 9.53 Å². The van der Waals surface area contributed by atoms with Gasteiger partial charge in [-0.2, -0.15) is 5.10 Å². The van der Waals surface area contributed by atoms with E-state index in [-0.39, 0.29) is 6.03 Å². The number of hydrogen-bond donors (Lipinski definition) is 4. The Bertz CT molecular complexity index is 1640. The number of piperazine rings is 1. The molecule has 0 atom stereocenters. The number of carbonyl (C=O) groups is 1. The Morgan fingerprint density at radius 3 is 2.61 bits per heavy atom. The van der Waals surface area contributed by atoms with Crippen LogP contribution in [0.4, 0.5) is 10.5 Å². The monoisotopic (exact) mass is 624 g/mol. The van der Waals surface area contributed by atoms with Crippen LogP contribution in [0.2, 0.25) is 0 Å². The first-order chi connectivity index (χ1) is 22.5. The van der Waals surface area contributed by atoms with E-state index < -0.39 is 0 Å². The minimum Gasteiger partial charge on any atom is -0.381 e. The second kappa shape index (κ2) is 15.1. The van der Waals surface area contributed by atoms with Crippen molar-refractivity contribution in [2.75, 3.05) is 44.7 Å². The van der Waals surface area contributed by atoms with Crippen molar-refractivity contribution >= 4 is 22.8 Å². The van der Waals surface area contributed by atoms with Crippen LogP contribution in [0.1, 0.15) is 54.6 Å². The molecule has 2 saturated heterocycles. The summed E-state index contributed by atoms with van der Waals surface area (Å²) in [5.74, 6) is 0. The van der Waals surface area contributed by atoms with Crippen molar-refractivity contribution in [2.24, 2.45) is 0 Å². The lowest BCUT2D eigenvalue weighted by atomic mass is 9.96. The second-order valence-corrected chi connectivity index (χ2v) is 12.4. The number of nitrogens with one attached hydrogen (secondary N) is 4. The Morgan fingerprint density at radius 1 is 1.02 bits per heavy atom. The molecule has 4 aromatic rings. The van der Waals surface area contributed by atoms with Crippen LogP contribution < -0.4 is 21.3 Å². The highest BCUT2D eigenvalue weighted by Crippen LogP contribution is 2.31. The van der Waals surface area contributed by atoms with E-state index in [4.69, 9.17) is 9.72 Å². The number of nitrogens with zero attached hydrogens (tertiary/aromatic N) is 4. The van der Waals surface area contributed by atoms with Crippen LogP contribution in [-0.2, 0) is 37.3 Å². The molecular formula is C36H48N8O2. The molecule has 0 unspecified atom stereocenters. The minimum atomic E-state index is -0.205. The summed E-state index contributed by atoms with van der Waals surface area (Å²) < 4.78 is 7.53. The van der Waals surface area contributed by atoms with E-state index in [1.807, 2.05) is 10.9 Å². The van der Waals surface area contributed by atoms with Crippen molar-refractivity contribution in [3.05, 3.63) is 76.6 Å². The highest BCUT2D eigenvalue weighted by molar-refractivity contribution is 5.92. The van der Waals surface area contributed by atoms with Gasteiger partial charge >= 0.3 is 6.03 Å². The van der Waals surface area contributed by atoms with E-state index >= 15 is 0 Å². The summed E-state index contributed by atoms with van der Waals surface area (Å²) >= 11 is 0. The normalized spacial score (nSPS) is 16.1. The number of ether oxygens (including phenoxy) is 1. The van der Waals surface area contributed by atoms with Crippen molar-refractivity contribution in [1.82, 2.24) is 35.6 Å². The number of anilines is 1. The van der Waals surface area contributed by atoms with Crippen LogP contribution in [0.25, 0.3) is 22.2 Å². The summed E-state index contributed by atoms with van der Waals surface area (Å²) in [5.41, 5.74) is 9.92. The Kier molecular flexibility index (Phi) is 10.5. The molecule has 0 radical (unpaired) electrons. The zero-order chi connectivity index (χ0) is 31.9. The molecule has 46 heavy (non-hydrogen) atoms. The molecule has 2 aromatic carbocycles. The van der Waals surface area contributed by atoms with Gasteiger partial charge in [-0.05, 0) is 73.1 Å². The summed E-state index contributed by atoms with van der Waals surface area (Å²) in [4.78, 5) is 20.7. The van der Waals surface area contributed by atoms with Gasteiger partial charge in [-0.25, -0.2) is 14.5 Å². The molecule has 244 valence electrons. The number of pyridine rings is 1. The van der Waals surface area contributed by atoms with Gasteiger partial charge in [-0.15, -0.1) is 0 Å². The fraction of sp³-hybridized carbons (Fsp3) is 0.472. The van der Waals surface area contributed by atoms with Gasteiger partial charge in [0, 0.05) is 82.9 Å². The summed E-state index contributed by atoms with van der Waals surface area (Å²) in [6.45, 7) is 14.6. The Balaban J connectivity index is 1.14. The first-order valence-corrected chi connectivity index (χ1v) is 16.9. The van der Waals surface area contributed by atoms with E-state index in [1.54, 1.807) is 0 Å². The molecule has 0 aliphatic carbocycles. The first-order valence-electron chi connectivity index (χ1n) is 16.9. The van der Waals surface area contributed by atoms with Gasteiger partial charge in [0.1, 0.15) is 0 Å². The predicted molar refractivity (Wildman–Crippen MR) is 184 cm³/mol. The van der Waals surface area contributed by atoms with Crippen LogP contribution >= 0.6 is 0 Å². The maximum Gasteiger partial charge on any atom is 0.315 e. The molecule has 0 bridgehead atoms. The molecule has 0 spiro atoms. The molecule has 4 N–H and O–H groups in total. The minimum absolute atomic E-state index is 0.205. The standard InChI is InChI=1S/C36H48N8O2/c1-4-33-31(34(41-29-11-17-46-18-12-29)32-23-40-44(5-2)35(32)42-33)22-39-36(45)38-21-26-10-9-25(3)30(20-26)28-8-6-7-27(19-28)24-43-15-13-37-14-16-43/h6-10,19-20,23,29,37H,4-5,11-18,21-22,24H2,1-3H3,(H,41,42)(H2,38,39,45). The molecular weight excluding hydrogens is 576 g/mol. The van der Waals surface area contributed by atoms with E-state index in [0.29, 0.717) is 19.1 Å². The summed E-state index contributed by atoms with van der Waals surface area (Å²) in [6, 6.07) is 15.4. The van der Waals surface area contributed by atoms with Crippen LogP contribution in [0, 0.1) is 6.92 Å². The van der Waals surface area contributed by atoms with Gasteiger partial charge in [-0.3, -0.25) is 4.90 Å². The van der Waals surface area contributed by atoms with Gasteiger partial charge in [0.2, 0.25) is 0 Å². The summed E-state index contributed by atoms with van der Waals surface area (Å²) in [5, 5.41) is 19.0. The average Bonchev–Trinajstić information content (AvgIpc) is 3.51. The number of hydrogen-bond acceptors (Lipinski definition) is 7. The topological polar surface area (TPSA) is 108 Å². The maximum atomic E-state index is 13.2. The number of aryl methyl sites for hydroxylation is 3. The van der Waals surface area contributed by atoms with E-state index in [0.717, 1.165) is 105 Å². The maximum absolute atomic E-state index is 13.2. The van der Waals surface area contributed by atoms with E-state index in [1.165, 1.54) is 22.3 Å². The Labute approximate surface area is 272 Å². The zero-order valence-electron chi connectivity index (χ0n) is 27.5. The molecule has 6 rings (SSSR count). The smallest absolute Gasteiger partial charge is 0.315 e. The lowest BCUT2D eigenvalue weighted by molar-refractivity contribution is 0.0904. The number of amides is 2. The third-order valence-corrected chi connectivity index (χ3v) is 9.21. The predicted octanol–water partition coefficient (Wildman–Crippen LogP) is 4.98. The third-order valence-electron chi connectivity index (χ3n) is 9.21. The van der Waals surface area contributed by atoms with E-state index in [9.17, 15) is 4.79 Å². The summed E-state index contributed by atoms with van der Waals surface area (Å²) in [7, 11) is 0. The first kappa shape index (κ1) is 32.0. The van der Waals surface area contributed by atoms with Gasteiger partial charge in [0.15, 0.2) is 5.65 Å². The molecule has 0 saturated carbocycles. The molecule has 2 aromatic heterocycles. The van der Waals surface area contributed by atoms with Crippen LogP contribution in [0.5, 0.6) is 0 Å². The Morgan fingerprint density at radius 2 is 1.83 bits per heavy atom. The molecule has 10 nitrogen and oxygen atoms in total. The second-order valence-electron chi connectivity index (χ2n) is 12.4. The largest absolute Gasteiger partial charge is 0.381 e. The van der Waals surface area contributed by atoms with Crippen molar-refractivity contribution in [3.8, 4) is 11.1 Å². The molecule has 2 aliphatic heterocycles. The van der Waals surface area contributed by atoms with Crippen molar-refractivity contribution in [1.29, 1.82) is 0 Å². The molecule has 2 aliphatic rings. The van der Waals surface area contributed by atoms with E-state index in [2.05, 4.69) is 94.5 Å². The van der Waals surface area contributed by atoms with Crippen LogP contribution in [-0.4, -0.2) is 71.1 Å². The number of aromatic nitrogens is 3. The molecule has 2 fully saturated rings. The highest BCUT2D eigenvalue weighted by Gasteiger charge is 2.22. The van der Waals surface area contributed by atoms with Crippen LogP contribution in [0.3, 0.4) is 0 Å². The van der Waals surface area contributed by atoms with Crippen LogP contribution in [0.15, 0.2) is 48.7 Å². The van der Waals surface area contributed by atoms with Crippen molar-refractivity contribution in [3.63, 3.8) is 0 Å². The summed E-state index contributed by atoms with van der Waals surface area (Å²) in [6.07, 6.45) is 4.54. The fourth-order valence-corrected chi connectivity index (χ4v) is 6.57. The quantitative estimate of drug-likeness (QED) is 0.186. The highest BCUT2D eigenvalue weighted by atomic mass is 16.5. The number of rotatable bonds is 11. The lowest BCUT2D eigenvalue weighted by Gasteiger charge is -2.27. The average molecular weight is 625 g/mol. The fourth-order valence-electron chi connectivity index (χ4n) is 6.57. The Hall–Kier alpha value is -3.99. The van der Waals surface area contributed by atoms with Gasteiger partial charge in [0.05, 0.1) is 17.3 Å². The van der Waals surface area contributed by atoms with Gasteiger partial charge in [0.25, 0.3) is 0 Å². The van der Waals surface area contributed by atoms with Gasteiger partial charge in [-0.1, -0.05) is 37.3 Å². The van der Waals surface area contributed by atoms with Crippen molar-refractivity contribution in [2.45, 2.75) is 72.3 Å². The number of fused-ring (bicyclic) bond motifs is 1. The molecule has 2 amide bonds. The lowest BCUT2D eigenvalue weighted by Crippen LogP contribution is -2.42. The molecule has 10 heteroatoms.